The molecule has 0 amide bonds. The van der Waals surface area contributed by atoms with E-state index in [4.69, 9.17) is 9.97 Å². The Morgan fingerprint density at radius 1 is 0.632 bits per heavy atom. The smallest absolute Gasteiger partial charge is 0.235 e. The Morgan fingerprint density at radius 2 is 1.29 bits per heavy atom. The van der Waals surface area contributed by atoms with E-state index in [-0.39, 0.29) is 6.04 Å². The minimum absolute atomic E-state index is 0.282. The van der Waals surface area contributed by atoms with Gasteiger partial charge < -0.3 is 5.32 Å². The number of rotatable bonds is 3. The van der Waals surface area contributed by atoms with Gasteiger partial charge in [0, 0.05) is 33.5 Å². The molecule has 1 aliphatic carbocycles. The zero-order valence-corrected chi connectivity index (χ0v) is 20.6. The number of hydrogen-bond acceptors (Lipinski definition) is 3. The van der Waals surface area contributed by atoms with E-state index in [9.17, 15) is 0 Å². The van der Waals surface area contributed by atoms with Crippen molar-refractivity contribution in [2.75, 3.05) is 5.32 Å². The molecule has 0 fully saturated rings. The van der Waals surface area contributed by atoms with Crippen LogP contribution in [0.1, 0.15) is 11.5 Å². The van der Waals surface area contributed by atoms with Crippen LogP contribution in [0, 0.1) is 0 Å². The van der Waals surface area contributed by atoms with E-state index in [1.54, 1.807) is 0 Å². The van der Waals surface area contributed by atoms with Gasteiger partial charge in [-0.3, -0.25) is 4.57 Å². The molecule has 1 aliphatic heterocycles. The quantitative estimate of drug-likeness (QED) is 0.275. The van der Waals surface area contributed by atoms with Gasteiger partial charge in [0.25, 0.3) is 0 Å². The minimum Gasteiger partial charge on any atom is -0.377 e. The molecule has 2 aromatic heterocycles. The molecule has 4 heteroatoms. The van der Waals surface area contributed by atoms with Gasteiger partial charge in [-0.2, -0.15) is 0 Å². The summed E-state index contributed by atoms with van der Waals surface area (Å²) in [6, 6.07) is 36.2. The molecule has 0 radical (unpaired) electrons. The molecule has 3 heterocycles. The van der Waals surface area contributed by atoms with Crippen molar-refractivity contribution in [1.29, 1.82) is 0 Å². The van der Waals surface area contributed by atoms with Gasteiger partial charge in [-0.25, -0.2) is 9.97 Å². The van der Waals surface area contributed by atoms with E-state index >= 15 is 0 Å². The number of fused-ring (bicyclic) bond motifs is 7. The van der Waals surface area contributed by atoms with Gasteiger partial charge in [-0.1, -0.05) is 109 Å². The van der Waals surface area contributed by atoms with Gasteiger partial charge in [0.05, 0.1) is 28.5 Å². The summed E-state index contributed by atoms with van der Waals surface area (Å²) < 4.78 is 2.22. The molecule has 180 valence electrons. The van der Waals surface area contributed by atoms with Crippen molar-refractivity contribution in [3.05, 3.63) is 133 Å². The lowest BCUT2D eigenvalue weighted by Gasteiger charge is -2.15. The van der Waals surface area contributed by atoms with Crippen molar-refractivity contribution in [3.8, 4) is 28.5 Å². The third-order valence-corrected chi connectivity index (χ3v) is 7.73. The average molecular weight is 489 g/mol. The molecule has 38 heavy (non-hydrogen) atoms. The number of allylic oxidation sites excluding steroid dienone is 2. The normalized spacial score (nSPS) is 17.5. The molecule has 4 aromatic carbocycles. The van der Waals surface area contributed by atoms with Crippen LogP contribution in [0.3, 0.4) is 0 Å². The minimum atomic E-state index is 0.282. The van der Waals surface area contributed by atoms with E-state index in [1.165, 1.54) is 22.0 Å². The summed E-state index contributed by atoms with van der Waals surface area (Å²) in [5.74, 6) is 1.02. The number of hydrogen-bond donors (Lipinski definition) is 1. The first kappa shape index (κ1) is 21.2. The maximum Gasteiger partial charge on any atom is 0.235 e. The van der Waals surface area contributed by atoms with Gasteiger partial charge in [-0.05, 0) is 23.8 Å². The Bertz CT molecular complexity index is 1840. The number of nitrogens with zero attached hydrogens (tertiary/aromatic N) is 3. The summed E-state index contributed by atoms with van der Waals surface area (Å²) >= 11 is 0. The lowest BCUT2D eigenvalue weighted by atomic mass is 9.91. The first-order chi connectivity index (χ1) is 18.8. The molecule has 0 saturated heterocycles. The lowest BCUT2D eigenvalue weighted by molar-refractivity contribution is 0.805. The van der Waals surface area contributed by atoms with Crippen LogP contribution in [-0.2, 0) is 0 Å². The molecule has 4 nitrogen and oxygen atoms in total. The molecule has 2 atom stereocenters. The number of aromatic nitrogens is 3. The number of para-hydroxylation sites is 1. The molecule has 2 unspecified atom stereocenters. The van der Waals surface area contributed by atoms with Gasteiger partial charge in [-0.15, -0.1) is 0 Å². The van der Waals surface area contributed by atoms with Gasteiger partial charge in [0.2, 0.25) is 5.95 Å². The zero-order chi connectivity index (χ0) is 25.1. The molecule has 0 bridgehead atoms. The van der Waals surface area contributed by atoms with E-state index < -0.39 is 0 Å². The fourth-order valence-electron chi connectivity index (χ4n) is 5.98. The first-order valence-corrected chi connectivity index (χ1v) is 13.0. The SMILES string of the molecule is C1=CC2Nc3c(ccc4c3c3ccccc3n4-c3nc(-c4ccccc4)cc(-c4ccccc4)n3)C2C=C1. The monoisotopic (exact) mass is 488 g/mol. The summed E-state index contributed by atoms with van der Waals surface area (Å²) in [4.78, 5) is 10.3. The highest BCUT2D eigenvalue weighted by molar-refractivity contribution is 6.16. The summed E-state index contributed by atoms with van der Waals surface area (Å²) in [6.07, 6.45) is 8.84. The van der Waals surface area contributed by atoms with Crippen LogP contribution in [0.5, 0.6) is 0 Å². The second-order valence-corrected chi connectivity index (χ2v) is 9.91. The van der Waals surface area contributed by atoms with Crippen molar-refractivity contribution in [2.24, 2.45) is 0 Å². The van der Waals surface area contributed by atoms with Crippen LogP contribution in [0.2, 0.25) is 0 Å². The summed E-state index contributed by atoms with van der Waals surface area (Å²) in [6.45, 7) is 0. The van der Waals surface area contributed by atoms with Crippen molar-refractivity contribution in [1.82, 2.24) is 14.5 Å². The topological polar surface area (TPSA) is 42.7 Å². The number of benzene rings is 4. The Morgan fingerprint density at radius 3 is 2.03 bits per heavy atom. The maximum absolute atomic E-state index is 5.15. The van der Waals surface area contributed by atoms with Crippen LogP contribution >= 0.6 is 0 Å². The van der Waals surface area contributed by atoms with E-state index in [0.717, 1.165) is 33.5 Å². The van der Waals surface area contributed by atoms with E-state index in [1.807, 2.05) is 12.1 Å². The second-order valence-electron chi connectivity index (χ2n) is 9.91. The fourth-order valence-corrected chi connectivity index (χ4v) is 5.98. The summed E-state index contributed by atoms with van der Waals surface area (Å²) in [5, 5.41) is 6.25. The zero-order valence-electron chi connectivity index (χ0n) is 20.6. The van der Waals surface area contributed by atoms with Gasteiger partial charge >= 0.3 is 0 Å². The van der Waals surface area contributed by atoms with Crippen LogP contribution in [0.4, 0.5) is 5.69 Å². The number of anilines is 1. The third-order valence-electron chi connectivity index (χ3n) is 7.73. The Labute approximate surface area is 220 Å². The highest BCUT2D eigenvalue weighted by Gasteiger charge is 2.32. The molecule has 0 saturated carbocycles. The van der Waals surface area contributed by atoms with Crippen LogP contribution in [-0.4, -0.2) is 20.6 Å². The van der Waals surface area contributed by atoms with E-state index in [0.29, 0.717) is 11.9 Å². The van der Waals surface area contributed by atoms with Crippen LogP contribution in [0.25, 0.3) is 50.3 Å². The molecule has 2 aliphatic rings. The Balaban J connectivity index is 1.43. The predicted octanol–water partition coefficient (Wildman–Crippen LogP) is 7.91. The molecule has 0 spiro atoms. The standard InChI is InChI=1S/C34H24N4/c1-3-11-22(12-4-1)28-21-29(23-13-5-2-6-14-23)37-34(36-28)38-30-18-10-8-16-26(30)32-31(38)20-19-25-24-15-7-9-17-27(24)35-33(25)32/h1-21,24,27,35H. The maximum atomic E-state index is 5.15. The fraction of sp³-hybridized carbons (Fsp3) is 0.0588. The average Bonchev–Trinajstić information content (AvgIpc) is 3.53. The van der Waals surface area contributed by atoms with Crippen molar-refractivity contribution in [3.63, 3.8) is 0 Å². The molecule has 1 N–H and O–H groups in total. The molecular weight excluding hydrogens is 464 g/mol. The lowest BCUT2D eigenvalue weighted by Crippen LogP contribution is -2.17. The third kappa shape index (κ3) is 3.17. The van der Waals surface area contributed by atoms with E-state index in [2.05, 4.69) is 125 Å². The highest BCUT2D eigenvalue weighted by Crippen LogP contribution is 2.46. The molecule has 6 aromatic rings. The summed E-state index contributed by atoms with van der Waals surface area (Å²) in [7, 11) is 0. The van der Waals surface area contributed by atoms with Crippen molar-refractivity contribution >= 4 is 27.5 Å². The van der Waals surface area contributed by atoms with Gasteiger partial charge in [0.1, 0.15) is 0 Å². The highest BCUT2D eigenvalue weighted by atomic mass is 15.2. The van der Waals surface area contributed by atoms with Gasteiger partial charge in [0.15, 0.2) is 0 Å². The predicted molar refractivity (Wildman–Crippen MR) is 156 cm³/mol. The van der Waals surface area contributed by atoms with Crippen molar-refractivity contribution < 1.29 is 0 Å². The summed E-state index contributed by atoms with van der Waals surface area (Å²) in [5.41, 5.74) is 8.71. The Kier molecular flexibility index (Phi) is 4.61. The number of nitrogens with one attached hydrogen (secondary N) is 1. The molecule has 8 rings (SSSR count). The largest absolute Gasteiger partial charge is 0.377 e. The first-order valence-electron chi connectivity index (χ1n) is 13.0. The van der Waals surface area contributed by atoms with Crippen LogP contribution < -0.4 is 5.32 Å². The van der Waals surface area contributed by atoms with Crippen LogP contribution in [0.15, 0.2) is 127 Å². The molecular formula is C34H24N4. The Hall–Kier alpha value is -4.96. The van der Waals surface area contributed by atoms with Crippen molar-refractivity contribution in [2.45, 2.75) is 12.0 Å². The second kappa shape index (κ2) is 8.29.